The lowest BCUT2D eigenvalue weighted by atomic mass is 9.94. The van der Waals surface area contributed by atoms with Gasteiger partial charge in [0.25, 0.3) is 0 Å². The largest absolute Gasteiger partial charge is 0.488 e. The predicted octanol–water partition coefficient (Wildman–Crippen LogP) is 3.05. The highest BCUT2D eigenvalue weighted by Gasteiger charge is 2.25. The van der Waals surface area contributed by atoms with Crippen molar-refractivity contribution in [1.82, 2.24) is 4.98 Å². The van der Waals surface area contributed by atoms with Crippen LogP contribution in [-0.4, -0.2) is 22.3 Å². The molecule has 0 bridgehead atoms. The highest BCUT2D eigenvalue weighted by molar-refractivity contribution is 7.80. The third-order valence-electron chi connectivity index (χ3n) is 4.53. The van der Waals surface area contributed by atoms with Crippen molar-refractivity contribution < 1.29 is 9.84 Å². The summed E-state index contributed by atoms with van der Waals surface area (Å²) in [5.41, 5.74) is 7.24. The summed E-state index contributed by atoms with van der Waals surface area (Å²) in [7, 11) is 0. The van der Waals surface area contributed by atoms with Crippen molar-refractivity contribution in [2.24, 2.45) is 0 Å². The molecular weight excluding hydrogens is 348 g/mol. The van der Waals surface area contributed by atoms with E-state index in [1.807, 2.05) is 12.1 Å². The molecule has 0 saturated heterocycles. The zero-order valence-corrected chi connectivity index (χ0v) is 14.9. The molecule has 2 atom stereocenters. The fraction of sp³-hybridized carbons (Fsp3) is 0.316. The Morgan fingerprint density at radius 1 is 1.12 bits per heavy atom. The number of benzene rings is 1. The molecular formula is C19H18N4O2S. The average Bonchev–Trinajstić information content (AvgIpc) is 2.64. The number of hydrogen-bond donors (Lipinski definition) is 3. The molecule has 132 valence electrons. The zero-order valence-electron chi connectivity index (χ0n) is 14.0. The summed E-state index contributed by atoms with van der Waals surface area (Å²) in [6.45, 7) is 0. The number of aliphatic hydroxyl groups excluding tert-OH is 1. The summed E-state index contributed by atoms with van der Waals surface area (Å²) in [5, 5.41) is 29.1. The molecule has 1 fully saturated rings. The Balaban J connectivity index is 1.94. The summed E-state index contributed by atoms with van der Waals surface area (Å²) >= 11 is 4.20. The van der Waals surface area contributed by atoms with Crippen molar-refractivity contribution in [2.45, 2.75) is 42.9 Å². The van der Waals surface area contributed by atoms with Crippen molar-refractivity contribution in [1.29, 1.82) is 10.5 Å². The Bertz CT molecular complexity index is 861. The number of pyridine rings is 1. The van der Waals surface area contributed by atoms with Crippen LogP contribution in [0.1, 0.15) is 36.8 Å². The molecule has 1 heterocycles. The molecule has 0 unspecified atom stereocenters. The predicted molar refractivity (Wildman–Crippen MR) is 99.7 cm³/mol. The Labute approximate surface area is 157 Å². The van der Waals surface area contributed by atoms with Gasteiger partial charge in [-0.25, -0.2) is 4.98 Å². The first-order valence-corrected chi connectivity index (χ1v) is 8.77. The second-order valence-electron chi connectivity index (χ2n) is 6.20. The Kier molecular flexibility index (Phi) is 5.32. The van der Waals surface area contributed by atoms with Crippen molar-refractivity contribution >= 4 is 18.4 Å². The molecule has 1 aromatic carbocycles. The number of nitrogen functional groups attached to an aromatic ring is 1. The number of ether oxygens (including phenoxy) is 1. The second kappa shape index (κ2) is 7.65. The van der Waals surface area contributed by atoms with Gasteiger partial charge in [0.05, 0.1) is 11.7 Å². The van der Waals surface area contributed by atoms with Gasteiger partial charge < -0.3 is 15.6 Å². The first-order chi connectivity index (χ1) is 12.5. The third kappa shape index (κ3) is 3.45. The molecule has 3 N–H and O–H groups in total. The van der Waals surface area contributed by atoms with Gasteiger partial charge in [0.1, 0.15) is 40.4 Å². The van der Waals surface area contributed by atoms with Crippen LogP contribution in [0.5, 0.6) is 5.75 Å². The maximum Gasteiger partial charge on any atom is 0.143 e. The minimum atomic E-state index is -0.453. The van der Waals surface area contributed by atoms with E-state index in [-0.39, 0.29) is 28.1 Å². The van der Waals surface area contributed by atoms with E-state index in [1.165, 1.54) is 0 Å². The van der Waals surface area contributed by atoms with E-state index in [0.717, 1.165) is 25.7 Å². The number of anilines is 1. The van der Waals surface area contributed by atoms with Crippen LogP contribution >= 0.6 is 12.6 Å². The molecule has 0 aliphatic heterocycles. The number of rotatable bonds is 3. The van der Waals surface area contributed by atoms with Gasteiger partial charge in [0.15, 0.2) is 0 Å². The third-order valence-corrected chi connectivity index (χ3v) is 4.85. The van der Waals surface area contributed by atoms with Gasteiger partial charge in [0, 0.05) is 5.56 Å². The maximum absolute atomic E-state index is 10.0. The molecule has 0 amide bonds. The van der Waals surface area contributed by atoms with E-state index in [4.69, 9.17) is 10.5 Å². The fourth-order valence-corrected chi connectivity index (χ4v) is 3.46. The summed E-state index contributed by atoms with van der Waals surface area (Å²) in [5.74, 6) is 0.669. The van der Waals surface area contributed by atoms with Crippen LogP contribution in [0, 0.1) is 22.7 Å². The quantitative estimate of drug-likeness (QED) is 0.719. The Hall–Kier alpha value is -2.74. The fourth-order valence-electron chi connectivity index (χ4n) is 3.19. The minimum Gasteiger partial charge on any atom is -0.488 e. The monoisotopic (exact) mass is 366 g/mol. The molecule has 26 heavy (non-hydrogen) atoms. The SMILES string of the molecule is N#Cc1c(N)nc(S)c(C#N)c1-c1ccc(O[C@@H]2CCCC[C@H]2O)cc1. The highest BCUT2D eigenvalue weighted by Crippen LogP contribution is 2.34. The van der Waals surface area contributed by atoms with E-state index in [0.29, 0.717) is 16.9 Å². The van der Waals surface area contributed by atoms with Crippen molar-refractivity contribution in [3.05, 3.63) is 35.4 Å². The number of thiol groups is 1. The summed E-state index contributed by atoms with van der Waals surface area (Å²) in [6.07, 6.45) is 2.97. The molecule has 1 aliphatic rings. The molecule has 0 spiro atoms. The first kappa shape index (κ1) is 18.1. The Morgan fingerprint density at radius 2 is 1.77 bits per heavy atom. The Morgan fingerprint density at radius 3 is 2.38 bits per heavy atom. The number of nitrogens with zero attached hydrogens (tertiary/aromatic N) is 3. The molecule has 1 saturated carbocycles. The summed E-state index contributed by atoms with van der Waals surface area (Å²) in [4.78, 5) is 3.95. The van der Waals surface area contributed by atoms with Gasteiger partial charge in [-0.3, -0.25) is 0 Å². The smallest absolute Gasteiger partial charge is 0.143 e. The van der Waals surface area contributed by atoms with Gasteiger partial charge in [-0.05, 0) is 37.0 Å². The van der Waals surface area contributed by atoms with Crippen LogP contribution in [0.15, 0.2) is 29.3 Å². The van der Waals surface area contributed by atoms with E-state index < -0.39 is 6.10 Å². The highest BCUT2D eigenvalue weighted by atomic mass is 32.1. The molecule has 3 rings (SSSR count). The van der Waals surface area contributed by atoms with E-state index in [9.17, 15) is 15.6 Å². The van der Waals surface area contributed by atoms with Crippen LogP contribution in [0.3, 0.4) is 0 Å². The standard InChI is InChI=1S/C19H18N4O2S/c20-9-13-17(14(10-21)19(26)23-18(13)22)11-5-7-12(8-6-11)25-16-4-2-1-3-15(16)24/h5-8,15-16,24H,1-4H2,(H3,22,23,26)/t15-,16-/m1/s1. The normalized spacial score (nSPS) is 19.4. The van der Waals surface area contributed by atoms with Crippen LogP contribution in [-0.2, 0) is 0 Å². The van der Waals surface area contributed by atoms with Gasteiger partial charge >= 0.3 is 0 Å². The minimum absolute atomic E-state index is 0.0390. The molecule has 6 nitrogen and oxygen atoms in total. The van der Waals surface area contributed by atoms with Gasteiger partial charge in [-0.1, -0.05) is 18.6 Å². The van der Waals surface area contributed by atoms with Crippen LogP contribution < -0.4 is 10.5 Å². The topological polar surface area (TPSA) is 116 Å². The van der Waals surface area contributed by atoms with E-state index in [1.54, 1.807) is 24.3 Å². The van der Waals surface area contributed by atoms with E-state index >= 15 is 0 Å². The van der Waals surface area contributed by atoms with Gasteiger partial charge in [-0.15, -0.1) is 12.6 Å². The van der Waals surface area contributed by atoms with Crippen molar-refractivity contribution in [3.8, 4) is 29.0 Å². The number of nitriles is 2. The van der Waals surface area contributed by atoms with Gasteiger partial charge in [0.2, 0.25) is 0 Å². The molecule has 2 aromatic rings. The van der Waals surface area contributed by atoms with Crippen LogP contribution in [0.4, 0.5) is 5.82 Å². The molecule has 1 aromatic heterocycles. The lowest BCUT2D eigenvalue weighted by Crippen LogP contribution is -2.34. The van der Waals surface area contributed by atoms with Crippen LogP contribution in [0.25, 0.3) is 11.1 Å². The van der Waals surface area contributed by atoms with E-state index in [2.05, 4.69) is 17.6 Å². The number of aromatic nitrogens is 1. The number of aliphatic hydroxyl groups is 1. The molecule has 7 heteroatoms. The average molecular weight is 366 g/mol. The number of nitrogens with two attached hydrogens (primary N) is 1. The molecule has 0 radical (unpaired) electrons. The van der Waals surface area contributed by atoms with Crippen molar-refractivity contribution in [3.63, 3.8) is 0 Å². The lowest BCUT2D eigenvalue weighted by Gasteiger charge is -2.28. The molecule has 1 aliphatic carbocycles. The number of hydrogen-bond acceptors (Lipinski definition) is 7. The maximum atomic E-state index is 10.0. The lowest BCUT2D eigenvalue weighted by molar-refractivity contribution is 0.00688. The zero-order chi connectivity index (χ0) is 18.7. The summed E-state index contributed by atoms with van der Waals surface area (Å²) < 4.78 is 5.89. The summed E-state index contributed by atoms with van der Waals surface area (Å²) in [6, 6.07) is 11.1. The first-order valence-electron chi connectivity index (χ1n) is 8.33. The van der Waals surface area contributed by atoms with Crippen LogP contribution in [0.2, 0.25) is 0 Å². The van der Waals surface area contributed by atoms with Gasteiger partial charge in [-0.2, -0.15) is 10.5 Å². The van der Waals surface area contributed by atoms with Crippen molar-refractivity contribution in [2.75, 3.05) is 5.73 Å². The second-order valence-corrected chi connectivity index (χ2v) is 6.63.